The number of thiazole rings is 1. The van der Waals surface area contributed by atoms with E-state index in [0.717, 1.165) is 22.9 Å². The van der Waals surface area contributed by atoms with E-state index in [2.05, 4.69) is 16.9 Å². The van der Waals surface area contributed by atoms with Gasteiger partial charge >= 0.3 is 0 Å². The Balaban J connectivity index is 1.81. The van der Waals surface area contributed by atoms with Crippen LogP contribution in [0, 0.1) is 6.92 Å². The number of carbonyl (C=O) groups excluding carboxylic acids is 1. The van der Waals surface area contributed by atoms with E-state index >= 15 is 0 Å². The molecule has 4 nitrogen and oxygen atoms in total. The van der Waals surface area contributed by atoms with Crippen molar-refractivity contribution in [1.82, 2.24) is 10.3 Å². The molecule has 0 unspecified atom stereocenters. The van der Waals surface area contributed by atoms with Gasteiger partial charge in [0.2, 0.25) is 0 Å². The first kappa shape index (κ1) is 15.3. The Morgan fingerprint density at radius 2 is 2.19 bits per heavy atom. The zero-order valence-corrected chi connectivity index (χ0v) is 12.8. The summed E-state index contributed by atoms with van der Waals surface area (Å²) in [6, 6.07) is 7.06. The molecule has 2 aromatic rings. The van der Waals surface area contributed by atoms with E-state index in [0.29, 0.717) is 18.7 Å². The molecule has 1 N–H and O–H groups in total. The highest BCUT2D eigenvalue weighted by Gasteiger charge is 2.06. The molecular weight excluding hydrogens is 284 g/mol. The molecule has 1 aromatic carbocycles. The average molecular weight is 302 g/mol. The van der Waals surface area contributed by atoms with Gasteiger partial charge in [-0.05, 0) is 31.2 Å². The van der Waals surface area contributed by atoms with Crippen LogP contribution >= 0.6 is 11.3 Å². The van der Waals surface area contributed by atoms with E-state index in [4.69, 9.17) is 4.74 Å². The maximum Gasteiger partial charge on any atom is 0.251 e. The highest BCUT2D eigenvalue weighted by atomic mass is 32.1. The van der Waals surface area contributed by atoms with E-state index in [1.54, 1.807) is 41.7 Å². The zero-order chi connectivity index (χ0) is 15.1. The first-order chi connectivity index (χ1) is 10.2. The molecule has 0 saturated carbocycles. The van der Waals surface area contributed by atoms with Crippen LogP contribution in [0.25, 0.3) is 0 Å². The van der Waals surface area contributed by atoms with E-state index in [1.807, 2.05) is 12.3 Å². The summed E-state index contributed by atoms with van der Waals surface area (Å²) >= 11 is 1.62. The molecular formula is C16H18N2O2S. The Morgan fingerprint density at radius 1 is 1.43 bits per heavy atom. The number of nitrogens with one attached hydrogen (secondary N) is 1. The lowest BCUT2D eigenvalue weighted by Crippen LogP contribution is -2.25. The van der Waals surface area contributed by atoms with Gasteiger partial charge in [-0.25, -0.2) is 4.98 Å². The van der Waals surface area contributed by atoms with E-state index in [-0.39, 0.29) is 5.91 Å². The van der Waals surface area contributed by atoms with Gasteiger partial charge in [0.15, 0.2) is 0 Å². The fraction of sp³-hybridized carbons (Fsp3) is 0.250. The molecule has 0 bridgehead atoms. The first-order valence-electron chi connectivity index (χ1n) is 6.72. The predicted octanol–water partition coefficient (Wildman–Crippen LogP) is 2.99. The van der Waals surface area contributed by atoms with E-state index in [1.165, 1.54) is 0 Å². The van der Waals surface area contributed by atoms with Crippen molar-refractivity contribution in [3.63, 3.8) is 0 Å². The number of ether oxygens (including phenoxy) is 1. The lowest BCUT2D eigenvalue weighted by molar-refractivity contribution is 0.0954. The summed E-state index contributed by atoms with van der Waals surface area (Å²) in [5.41, 5.74) is 1.64. The lowest BCUT2D eigenvalue weighted by Gasteiger charge is -2.06. The van der Waals surface area contributed by atoms with Gasteiger partial charge in [0.1, 0.15) is 12.4 Å². The van der Waals surface area contributed by atoms with Crippen molar-refractivity contribution in [2.75, 3.05) is 13.2 Å². The molecule has 0 aliphatic rings. The molecule has 1 amide bonds. The molecule has 0 fully saturated rings. The Labute approximate surface area is 128 Å². The second kappa shape index (κ2) is 7.59. The zero-order valence-electron chi connectivity index (χ0n) is 12.0. The molecule has 0 saturated heterocycles. The number of nitrogens with zero attached hydrogens (tertiary/aromatic N) is 1. The minimum absolute atomic E-state index is 0.0859. The topological polar surface area (TPSA) is 51.2 Å². The molecule has 2 rings (SSSR count). The SMILES string of the molecule is C=CCOc1ccc(C(=O)NCCc2csc(C)n2)cc1. The average Bonchev–Trinajstić information content (AvgIpc) is 2.91. The van der Waals surface area contributed by atoms with Crippen LogP contribution < -0.4 is 10.1 Å². The fourth-order valence-electron chi connectivity index (χ4n) is 1.79. The summed E-state index contributed by atoms with van der Waals surface area (Å²) in [5, 5.41) is 5.96. The Bertz CT molecular complexity index is 605. The summed E-state index contributed by atoms with van der Waals surface area (Å²) in [6.07, 6.45) is 2.43. The molecule has 0 atom stereocenters. The molecule has 0 aliphatic carbocycles. The largest absolute Gasteiger partial charge is 0.490 e. The number of aryl methyl sites for hydroxylation is 1. The van der Waals surface area contributed by atoms with Crippen LogP contribution in [0.2, 0.25) is 0 Å². The summed E-state index contributed by atoms with van der Waals surface area (Å²) in [4.78, 5) is 16.3. The minimum Gasteiger partial charge on any atom is -0.490 e. The van der Waals surface area contributed by atoms with E-state index in [9.17, 15) is 4.79 Å². The smallest absolute Gasteiger partial charge is 0.251 e. The molecule has 5 heteroatoms. The van der Waals surface area contributed by atoms with Crippen LogP contribution in [0.5, 0.6) is 5.75 Å². The monoisotopic (exact) mass is 302 g/mol. The molecule has 0 spiro atoms. The van der Waals surface area contributed by atoms with Gasteiger partial charge in [0.05, 0.1) is 10.7 Å². The number of rotatable bonds is 7. The van der Waals surface area contributed by atoms with Crippen LogP contribution in [-0.2, 0) is 6.42 Å². The van der Waals surface area contributed by atoms with Crippen molar-refractivity contribution in [2.45, 2.75) is 13.3 Å². The van der Waals surface area contributed by atoms with Crippen molar-refractivity contribution in [2.24, 2.45) is 0 Å². The van der Waals surface area contributed by atoms with Gasteiger partial charge in [-0.15, -0.1) is 11.3 Å². The van der Waals surface area contributed by atoms with Crippen molar-refractivity contribution >= 4 is 17.2 Å². The Morgan fingerprint density at radius 3 is 2.81 bits per heavy atom. The van der Waals surface area contributed by atoms with Crippen LogP contribution in [0.1, 0.15) is 21.1 Å². The number of benzene rings is 1. The highest BCUT2D eigenvalue weighted by Crippen LogP contribution is 2.12. The molecule has 1 heterocycles. The van der Waals surface area contributed by atoms with Gasteiger partial charge in [-0.3, -0.25) is 4.79 Å². The van der Waals surface area contributed by atoms with Crippen LogP contribution in [0.3, 0.4) is 0 Å². The van der Waals surface area contributed by atoms with Crippen LogP contribution in [-0.4, -0.2) is 24.0 Å². The number of amides is 1. The third kappa shape index (κ3) is 4.72. The highest BCUT2D eigenvalue weighted by molar-refractivity contribution is 7.09. The summed E-state index contributed by atoms with van der Waals surface area (Å²) < 4.78 is 5.37. The lowest BCUT2D eigenvalue weighted by atomic mass is 10.2. The van der Waals surface area contributed by atoms with Crippen LogP contribution in [0.15, 0.2) is 42.3 Å². The molecule has 1 aromatic heterocycles. The maximum absolute atomic E-state index is 12.0. The number of aromatic nitrogens is 1. The Hall–Kier alpha value is -2.14. The van der Waals surface area contributed by atoms with Crippen molar-refractivity contribution in [3.05, 3.63) is 58.6 Å². The standard InChI is InChI=1S/C16H18N2O2S/c1-3-10-20-15-6-4-13(5-7-15)16(19)17-9-8-14-11-21-12(2)18-14/h3-7,11H,1,8-10H2,2H3,(H,17,19). The molecule has 110 valence electrons. The van der Waals surface area contributed by atoms with Crippen molar-refractivity contribution < 1.29 is 9.53 Å². The van der Waals surface area contributed by atoms with Gasteiger partial charge in [-0.2, -0.15) is 0 Å². The number of carbonyl (C=O) groups is 1. The van der Waals surface area contributed by atoms with Crippen LogP contribution in [0.4, 0.5) is 0 Å². The fourth-order valence-corrected chi connectivity index (χ4v) is 2.43. The summed E-state index contributed by atoms with van der Waals surface area (Å²) in [7, 11) is 0. The quantitative estimate of drug-likeness (QED) is 0.800. The number of hydrogen-bond donors (Lipinski definition) is 1. The summed E-state index contributed by atoms with van der Waals surface area (Å²) in [6.45, 7) is 6.60. The normalized spacial score (nSPS) is 10.1. The second-order valence-corrected chi connectivity index (χ2v) is 5.55. The minimum atomic E-state index is -0.0859. The molecule has 21 heavy (non-hydrogen) atoms. The van der Waals surface area contributed by atoms with E-state index < -0.39 is 0 Å². The van der Waals surface area contributed by atoms with Gasteiger partial charge < -0.3 is 10.1 Å². The Kier molecular flexibility index (Phi) is 5.51. The number of hydrogen-bond acceptors (Lipinski definition) is 4. The van der Waals surface area contributed by atoms with Crippen molar-refractivity contribution in [3.8, 4) is 5.75 Å². The maximum atomic E-state index is 12.0. The summed E-state index contributed by atoms with van der Waals surface area (Å²) in [5.74, 6) is 0.640. The molecule has 0 aliphatic heterocycles. The second-order valence-electron chi connectivity index (χ2n) is 4.49. The predicted molar refractivity (Wildman–Crippen MR) is 85.0 cm³/mol. The molecule has 0 radical (unpaired) electrons. The first-order valence-corrected chi connectivity index (χ1v) is 7.60. The third-order valence-electron chi connectivity index (χ3n) is 2.82. The van der Waals surface area contributed by atoms with Crippen molar-refractivity contribution in [1.29, 1.82) is 0 Å². The van der Waals surface area contributed by atoms with Gasteiger partial charge in [-0.1, -0.05) is 12.7 Å². The van der Waals surface area contributed by atoms with Gasteiger partial charge in [0, 0.05) is 23.9 Å². The van der Waals surface area contributed by atoms with Gasteiger partial charge in [0.25, 0.3) is 5.91 Å². The third-order valence-corrected chi connectivity index (χ3v) is 3.64.